The molecule has 0 aliphatic heterocycles. The summed E-state index contributed by atoms with van der Waals surface area (Å²) in [5.74, 6) is 0.827. The lowest BCUT2D eigenvalue weighted by Crippen LogP contribution is -2.17. The summed E-state index contributed by atoms with van der Waals surface area (Å²) in [6, 6.07) is 14.5. The largest absolute Gasteiger partial charge is 0.492 e. The van der Waals surface area contributed by atoms with E-state index < -0.39 is 0 Å². The number of aromatic nitrogens is 2. The van der Waals surface area contributed by atoms with Crippen LogP contribution in [0.3, 0.4) is 0 Å². The SMILES string of the molecule is CCOc1ccccc1Nc1nnc(SCC(=O)c2ccc(NC(=O)C(C)C)cc2)s1. The topological polar surface area (TPSA) is 93.2 Å². The predicted molar refractivity (Wildman–Crippen MR) is 126 cm³/mol. The van der Waals surface area contributed by atoms with Crippen LogP contribution in [0.4, 0.5) is 16.5 Å². The van der Waals surface area contributed by atoms with Crippen molar-refractivity contribution < 1.29 is 14.3 Å². The van der Waals surface area contributed by atoms with Crippen molar-refractivity contribution >= 4 is 51.3 Å². The lowest BCUT2D eigenvalue weighted by molar-refractivity contribution is -0.118. The highest BCUT2D eigenvalue weighted by molar-refractivity contribution is 8.01. The number of hydrogen-bond acceptors (Lipinski definition) is 8. The first kappa shape index (κ1) is 22.8. The summed E-state index contributed by atoms with van der Waals surface area (Å²) in [6.07, 6.45) is 0. The second kappa shape index (κ2) is 10.9. The van der Waals surface area contributed by atoms with Gasteiger partial charge in [-0.1, -0.05) is 49.1 Å². The van der Waals surface area contributed by atoms with Crippen LogP contribution < -0.4 is 15.4 Å². The zero-order valence-electron chi connectivity index (χ0n) is 17.5. The molecule has 1 aromatic heterocycles. The number of para-hydroxylation sites is 2. The molecular formula is C22H24N4O3S2. The Morgan fingerprint density at radius 2 is 1.84 bits per heavy atom. The molecule has 0 bridgehead atoms. The molecule has 1 heterocycles. The quantitative estimate of drug-likeness (QED) is 0.318. The van der Waals surface area contributed by atoms with Crippen LogP contribution in [0.25, 0.3) is 0 Å². The molecule has 0 fully saturated rings. The second-order valence-corrected chi connectivity index (χ2v) is 9.06. The molecule has 9 heteroatoms. The molecule has 0 saturated heterocycles. The monoisotopic (exact) mass is 456 g/mol. The maximum absolute atomic E-state index is 12.5. The van der Waals surface area contributed by atoms with E-state index >= 15 is 0 Å². The third-order valence-corrected chi connectivity index (χ3v) is 6.13. The van der Waals surface area contributed by atoms with E-state index in [1.807, 2.05) is 45.0 Å². The number of benzene rings is 2. The van der Waals surface area contributed by atoms with E-state index in [4.69, 9.17) is 4.74 Å². The Morgan fingerprint density at radius 3 is 2.55 bits per heavy atom. The number of anilines is 3. The third kappa shape index (κ3) is 6.53. The van der Waals surface area contributed by atoms with Gasteiger partial charge in [0.2, 0.25) is 11.0 Å². The van der Waals surface area contributed by atoms with E-state index in [-0.39, 0.29) is 23.4 Å². The third-order valence-electron chi connectivity index (χ3n) is 4.16. The number of amides is 1. The number of hydrogen-bond donors (Lipinski definition) is 2. The number of thioether (sulfide) groups is 1. The van der Waals surface area contributed by atoms with Crippen LogP contribution >= 0.6 is 23.1 Å². The molecule has 0 saturated carbocycles. The number of nitrogens with zero attached hydrogens (tertiary/aromatic N) is 2. The summed E-state index contributed by atoms with van der Waals surface area (Å²) in [5, 5.41) is 14.9. The number of carbonyl (C=O) groups is 2. The van der Waals surface area contributed by atoms with Crippen LogP contribution in [0.1, 0.15) is 31.1 Å². The van der Waals surface area contributed by atoms with Gasteiger partial charge in [0.15, 0.2) is 10.1 Å². The average Bonchev–Trinajstić information content (AvgIpc) is 3.21. The summed E-state index contributed by atoms with van der Waals surface area (Å²) < 4.78 is 6.31. The number of ether oxygens (including phenoxy) is 1. The summed E-state index contributed by atoms with van der Waals surface area (Å²) in [7, 11) is 0. The fourth-order valence-corrected chi connectivity index (χ4v) is 4.18. The van der Waals surface area contributed by atoms with Crippen molar-refractivity contribution in [2.75, 3.05) is 23.0 Å². The van der Waals surface area contributed by atoms with Crippen LogP contribution in [-0.4, -0.2) is 34.2 Å². The molecule has 7 nitrogen and oxygen atoms in total. The first-order valence-corrected chi connectivity index (χ1v) is 11.7. The predicted octanol–water partition coefficient (Wildman–Crippen LogP) is 5.25. The highest BCUT2D eigenvalue weighted by Gasteiger charge is 2.12. The first-order valence-electron chi connectivity index (χ1n) is 9.85. The van der Waals surface area contributed by atoms with Gasteiger partial charge in [0, 0.05) is 17.2 Å². The van der Waals surface area contributed by atoms with E-state index in [1.54, 1.807) is 24.3 Å². The van der Waals surface area contributed by atoms with E-state index in [1.165, 1.54) is 23.1 Å². The number of rotatable bonds is 10. The second-order valence-electron chi connectivity index (χ2n) is 6.86. The number of Topliss-reactive ketones (excluding diaryl/α,β-unsaturated/α-hetero) is 1. The summed E-state index contributed by atoms with van der Waals surface area (Å²) in [6.45, 7) is 6.17. The van der Waals surface area contributed by atoms with Gasteiger partial charge in [-0.3, -0.25) is 9.59 Å². The summed E-state index contributed by atoms with van der Waals surface area (Å²) in [5.41, 5.74) is 2.08. The van der Waals surface area contributed by atoms with E-state index in [0.717, 1.165) is 11.4 Å². The van der Waals surface area contributed by atoms with Gasteiger partial charge in [-0.2, -0.15) is 0 Å². The molecule has 2 aromatic carbocycles. The highest BCUT2D eigenvalue weighted by Crippen LogP contribution is 2.31. The van der Waals surface area contributed by atoms with Crippen LogP contribution in [0, 0.1) is 5.92 Å². The molecular weight excluding hydrogens is 432 g/mol. The molecule has 3 aromatic rings. The molecule has 1 amide bonds. The summed E-state index contributed by atoms with van der Waals surface area (Å²) >= 11 is 2.72. The molecule has 0 radical (unpaired) electrons. The van der Waals surface area contributed by atoms with E-state index in [0.29, 0.717) is 27.3 Å². The van der Waals surface area contributed by atoms with Crippen molar-refractivity contribution in [1.82, 2.24) is 10.2 Å². The molecule has 162 valence electrons. The molecule has 3 rings (SSSR count). The number of ketones is 1. The Bertz CT molecular complexity index is 1040. The molecule has 0 aliphatic carbocycles. The Labute approximate surface area is 189 Å². The Balaban J connectivity index is 1.54. The smallest absolute Gasteiger partial charge is 0.226 e. The zero-order chi connectivity index (χ0) is 22.2. The normalized spacial score (nSPS) is 10.7. The van der Waals surface area contributed by atoms with Gasteiger partial charge >= 0.3 is 0 Å². The molecule has 0 atom stereocenters. The van der Waals surface area contributed by atoms with Crippen molar-refractivity contribution in [2.45, 2.75) is 25.1 Å². The van der Waals surface area contributed by atoms with Gasteiger partial charge in [-0.05, 0) is 43.3 Å². The lowest BCUT2D eigenvalue weighted by atomic mass is 10.1. The van der Waals surface area contributed by atoms with Gasteiger partial charge in [0.05, 0.1) is 18.0 Å². The maximum atomic E-state index is 12.5. The van der Waals surface area contributed by atoms with Crippen molar-refractivity contribution in [3.63, 3.8) is 0 Å². The molecule has 0 spiro atoms. The molecule has 2 N–H and O–H groups in total. The summed E-state index contributed by atoms with van der Waals surface area (Å²) in [4.78, 5) is 24.2. The standard InChI is InChI=1S/C22H24N4O3S2/c1-4-29-19-8-6-5-7-17(19)24-21-25-26-22(31-21)30-13-18(27)15-9-11-16(12-10-15)23-20(28)14(2)3/h5-12,14H,4,13H2,1-3H3,(H,23,28)(H,24,25). The van der Waals surface area contributed by atoms with Gasteiger partial charge in [-0.25, -0.2) is 0 Å². The van der Waals surface area contributed by atoms with Gasteiger partial charge in [0.1, 0.15) is 5.75 Å². The molecule has 31 heavy (non-hydrogen) atoms. The first-order chi connectivity index (χ1) is 15.0. The molecule has 0 unspecified atom stereocenters. The van der Waals surface area contributed by atoms with E-state index in [2.05, 4.69) is 20.8 Å². The Hall–Kier alpha value is -2.91. The van der Waals surface area contributed by atoms with Crippen molar-refractivity contribution in [1.29, 1.82) is 0 Å². The van der Waals surface area contributed by atoms with Crippen LogP contribution in [0.5, 0.6) is 5.75 Å². The number of carbonyl (C=O) groups excluding carboxylic acids is 2. The number of nitrogens with one attached hydrogen (secondary N) is 2. The molecule has 0 aliphatic rings. The minimum absolute atomic E-state index is 0.0156. The minimum atomic E-state index is -0.100. The Kier molecular flexibility index (Phi) is 8.02. The van der Waals surface area contributed by atoms with E-state index in [9.17, 15) is 9.59 Å². The fraction of sp³-hybridized carbons (Fsp3) is 0.273. The van der Waals surface area contributed by atoms with Crippen LogP contribution in [-0.2, 0) is 4.79 Å². The lowest BCUT2D eigenvalue weighted by Gasteiger charge is -2.09. The Morgan fingerprint density at radius 1 is 1.10 bits per heavy atom. The van der Waals surface area contributed by atoms with Gasteiger partial charge in [0.25, 0.3) is 0 Å². The minimum Gasteiger partial charge on any atom is -0.492 e. The van der Waals surface area contributed by atoms with Crippen LogP contribution in [0.15, 0.2) is 52.9 Å². The van der Waals surface area contributed by atoms with Gasteiger partial charge in [-0.15, -0.1) is 10.2 Å². The van der Waals surface area contributed by atoms with Gasteiger partial charge < -0.3 is 15.4 Å². The van der Waals surface area contributed by atoms with Crippen molar-refractivity contribution in [3.05, 3.63) is 54.1 Å². The zero-order valence-corrected chi connectivity index (χ0v) is 19.2. The van der Waals surface area contributed by atoms with Crippen molar-refractivity contribution in [3.8, 4) is 5.75 Å². The van der Waals surface area contributed by atoms with Crippen molar-refractivity contribution in [2.24, 2.45) is 5.92 Å². The average molecular weight is 457 g/mol. The highest BCUT2D eigenvalue weighted by atomic mass is 32.2. The fourth-order valence-electron chi connectivity index (χ4n) is 2.52. The van der Waals surface area contributed by atoms with Crippen LogP contribution in [0.2, 0.25) is 0 Å². The maximum Gasteiger partial charge on any atom is 0.226 e.